The lowest BCUT2D eigenvalue weighted by Gasteiger charge is -2.11. The van der Waals surface area contributed by atoms with Gasteiger partial charge in [-0.1, -0.05) is 78.9 Å². The molecule has 0 bridgehead atoms. The summed E-state index contributed by atoms with van der Waals surface area (Å²) in [6, 6.07) is 33.6. The number of hydrazone groups is 1. The van der Waals surface area contributed by atoms with Crippen LogP contribution >= 0.6 is 15.9 Å². The number of halogens is 1. The molecule has 5 rings (SSSR count). The fourth-order valence-corrected chi connectivity index (χ4v) is 4.45. The zero-order valence-electron chi connectivity index (χ0n) is 18.2. The predicted octanol–water partition coefficient (Wildman–Crippen LogP) is 7.10. The maximum Gasteiger partial charge on any atom is 0.271 e. The van der Waals surface area contributed by atoms with Crippen LogP contribution in [0.15, 0.2) is 113 Å². The molecular formula is C29H21BrN2O2. The van der Waals surface area contributed by atoms with Gasteiger partial charge in [0.2, 0.25) is 0 Å². The molecule has 1 amide bonds. The van der Waals surface area contributed by atoms with Gasteiger partial charge in [0.15, 0.2) is 0 Å². The second kappa shape index (κ2) is 9.89. The average molecular weight is 509 g/mol. The highest BCUT2D eigenvalue weighted by molar-refractivity contribution is 9.10. The summed E-state index contributed by atoms with van der Waals surface area (Å²) in [5.41, 5.74) is 5.18. The second-order valence-electron chi connectivity index (χ2n) is 7.84. The van der Waals surface area contributed by atoms with Gasteiger partial charge < -0.3 is 4.74 Å². The van der Waals surface area contributed by atoms with Crippen LogP contribution in [0.2, 0.25) is 0 Å². The molecule has 0 heterocycles. The molecular weight excluding hydrogens is 488 g/mol. The highest BCUT2D eigenvalue weighted by Gasteiger charge is 2.09. The van der Waals surface area contributed by atoms with E-state index in [9.17, 15) is 4.79 Å². The van der Waals surface area contributed by atoms with Crippen molar-refractivity contribution in [1.82, 2.24) is 5.43 Å². The molecule has 4 nitrogen and oxygen atoms in total. The van der Waals surface area contributed by atoms with Gasteiger partial charge in [-0.05, 0) is 72.9 Å². The largest absolute Gasteiger partial charge is 0.488 e. The zero-order chi connectivity index (χ0) is 23.3. The van der Waals surface area contributed by atoms with Crippen LogP contribution in [0, 0.1) is 0 Å². The van der Waals surface area contributed by atoms with Gasteiger partial charge in [0.05, 0.1) is 10.7 Å². The number of benzene rings is 5. The average Bonchev–Trinajstić information content (AvgIpc) is 2.88. The molecule has 0 spiro atoms. The lowest BCUT2D eigenvalue weighted by Crippen LogP contribution is -2.17. The molecule has 5 aromatic rings. The molecule has 5 heteroatoms. The smallest absolute Gasteiger partial charge is 0.271 e. The van der Waals surface area contributed by atoms with E-state index in [2.05, 4.69) is 50.7 Å². The van der Waals surface area contributed by atoms with E-state index in [1.807, 2.05) is 72.8 Å². The summed E-state index contributed by atoms with van der Waals surface area (Å²) >= 11 is 3.58. The Morgan fingerprint density at radius 1 is 0.824 bits per heavy atom. The standard InChI is InChI=1S/C29H21BrN2O2/c30-27-17-20(18-31-32-29(33)26-14-6-10-22-8-2-4-13-25(22)26)15-16-28(27)34-19-23-11-5-9-21-7-1-3-12-24(21)23/h1-18H,19H2,(H,32,33)/b31-18+. The Morgan fingerprint density at radius 3 is 2.29 bits per heavy atom. The number of carbonyl (C=O) groups excluding carboxylic acids is 1. The van der Waals surface area contributed by atoms with E-state index in [1.54, 1.807) is 12.3 Å². The van der Waals surface area contributed by atoms with Gasteiger partial charge in [0.25, 0.3) is 5.91 Å². The maximum absolute atomic E-state index is 12.6. The molecule has 5 aromatic carbocycles. The maximum atomic E-state index is 12.6. The summed E-state index contributed by atoms with van der Waals surface area (Å²) in [5.74, 6) is 0.493. The van der Waals surface area contributed by atoms with Crippen LogP contribution in [-0.2, 0) is 6.61 Å². The summed E-state index contributed by atoms with van der Waals surface area (Å²) in [6.45, 7) is 0.467. The molecule has 0 atom stereocenters. The van der Waals surface area contributed by atoms with Crippen LogP contribution < -0.4 is 10.2 Å². The highest BCUT2D eigenvalue weighted by Crippen LogP contribution is 2.28. The number of rotatable bonds is 6. The van der Waals surface area contributed by atoms with E-state index in [0.29, 0.717) is 12.2 Å². The number of nitrogens with zero attached hydrogens (tertiary/aromatic N) is 1. The Kier molecular flexibility index (Phi) is 6.36. The number of hydrogen-bond donors (Lipinski definition) is 1. The molecule has 0 radical (unpaired) electrons. The molecule has 34 heavy (non-hydrogen) atoms. The van der Waals surface area contributed by atoms with Crippen molar-refractivity contribution in [3.8, 4) is 5.75 Å². The van der Waals surface area contributed by atoms with Crippen molar-refractivity contribution in [2.75, 3.05) is 0 Å². The molecule has 0 saturated carbocycles. The van der Waals surface area contributed by atoms with E-state index >= 15 is 0 Å². The van der Waals surface area contributed by atoms with Gasteiger partial charge in [0, 0.05) is 5.56 Å². The van der Waals surface area contributed by atoms with E-state index in [4.69, 9.17) is 4.74 Å². The van der Waals surface area contributed by atoms with Crippen molar-refractivity contribution in [1.29, 1.82) is 0 Å². The SMILES string of the molecule is O=C(N/N=C/c1ccc(OCc2cccc3ccccc23)c(Br)c1)c1cccc2ccccc12. The van der Waals surface area contributed by atoms with E-state index in [1.165, 1.54) is 10.8 Å². The third kappa shape index (κ3) is 4.70. The topological polar surface area (TPSA) is 50.7 Å². The second-order valence-corrected chi connectivity index (χ2v) is 8.70. The molecule has 0 aliphatic heterocycles. The quantitative estimate of drug-likeness (QED) is 0.196. The van der Waals surface area contributed by atoms with Gasteiger partial charge in [-0.25, -0.2) is 5.43 Å². The first-order chi connectivity index (χ1) is 16.7. The van der Waals surface area contributed by atoms with Gasteiger partial charge in [-0.2, -0.15) is 5.10 Å². The van der Waals surface area contributed by atoms with Crippen molar-refractivity contribution in [2.24, 2.45) is 5.10 Å². The van der Waals surface area contributed by atoms with Crippen LogP contribution in [-0.4, -0.2) is 12.1 Å². The van der Waals surface area contributed by atoms with Crippen LogP contribution in [0.25, 0.3) is 21.5 Å². The third-order valence-corrected chi connectivity index (χ3v) is 6.25. The van der Waals surface area contributed by atoms with E-state index in [-0.39, 0.29) is 5.91 Å². The van der Waals surface area contributed by atoms with Crippen molar-refractivity contribution < 1.29 is 9.53 Å². The van der Waals surface area contributed by atoms with Gasteiger partial charge in [0.1, 0.15) is 12.4 Å². The lowest BCUT2D eigenvalue weighted by molar-refractivity contribution is 0.0957. The minimum Gasteiger partial charge on any atom is -0.488 e. The van der Waals surface area contributed by atoms with E-state index < -0.39 is 0 Å². The van der Waals surface area contributed by atoms with Crippen LogP contribution in [0.3, 0.4) is 0 Å². The number of fused-ring (bicyclic) bond motifs is 2. The summed E-state index contributed by atoms with van der Waals surface area (Å²) in [6.07, 6.45) is 1.61. The summed E-state index contributed by atoms with van der Waals surface area (Å²) in [7, 11) is 0. The molecule has 166 valence electrons. The first-order valence-corrected chi connectivity index (χ1v) is 11.7. The van der Waals surface area contributed by atoms with Crippen molar-refractivity contribution in [3.63, 3.8) is 0 Å². The van der Waals surface area contributed by atoms with Crippen LogP contribution in [0.5, 0.6) is 5.75 Å². The minimum atomic E-state index is -0.248. The molecule has 0 aromatic heterocycles. The monoisotopic (exact) mass is 508 g/mol. The normalized spacial score (nSPS) is 11.2. The molecule has 0 fully saturated rings. The first-order valence-electron chi connectivity index (χ1n) is 10.9. The number of amides is 1. The summed E-state index contributed by atoms with van der Waals surface area (Å²) in [4.78, 5) is 12.6. The van der Waals surface area contributed by atoms with Crippen molar-refractivity contribution in [3.05, 3.63) is 124 Å². The Morgan fingerprint density at radius 2 is 1.50 bits per heavy atom. The molecule has 0 aliphatic rings. The molecule has 0 aliphatic carbocycles. The fraction of sp³-hybridized carbons (Fsp3) is 0.0345. The number of carbonyl (C=O) groups is 1. The zero-order valence-corrected chi connectivity index (χ0v) is 19.8. The minimum absolute atomic E-state index is 0.248. The Bertz CT molecular complexity index is 1520. The van der Waals surface area contributed by atoms with Crippen LogP contribution in [0.1, 0.15) is 21.5 Å². The lowest BCUT2D eigenvalue weighted by atomic mass is 10.0. The van der Waals surface area contributed by atoms with Crippen molar-refractivity contribution >= 4 is 49.6 Å². The third-order valence-electron chi connectivity index (χ3n) is 5.63. The number of ether oxygens (including phenoxy) is 1. The summed E-state index contributed by atoms with van der Waals surface area (Å²) < 4.78 is 6.88. The Balaban J connectivity index is 1.25. The highest BCUT2D eigenvalue weighted by atomic mass is 79.9. The summed E-state index contributed by atoms with van der Waals surface area (Å²) in [5, 5.41) is 8.43. The van der Waals surface area contributed by atoms with Gasteiger partial charge in [-0.15, -0.1) is 0 Å². The van der Waals surface area contributed by atoms with Crippen molar-refractivity contribution in [2.45, 2.75) is 6.61 Å². The van der Waals surface area contributed by atoms with Gasteiger partial charge in [-0.3, -0.25) is 4.79 Å². The number of hydrogen-bond acceptors (Lipinski definition) is 3. The first kappa shape index (κ1) is 21.9. The Hall–Kier alpha value is -3.96. The number of nitrogens with one attached hydrogen (secondary N) is 1. The molecule has 0 unspecified atom stereocenters. The molecule has 1 N–H and O–H groups in total. The molecule has 0 saturated heterocycles. The van der Waals surface area contributed by atoms with Gasteiger partial charge >= 0.3 is 0 Å². The fourth-order valence-electron chi connectivity index (χ4n) is 3.94. The Labute approximate surface area is 206 Å². The van der Waals surface area contributed by atoms with Crippen LogP contribution in [0.4, 0.5) is 0 Å². The predicted molar refractivity (Wildman–Crippen MR) is 141 cm³/mol. The van der Waals surface area contributed by atoms with E-state index in [0.717, 1.165) is 32.1 Å².